The number of rotatable bonds is 6. The Bertz CT molecular complexity index is 432. The van der Waals surface area contributed by atoms with Crippen molar-refractivity contribution < 1.29 is 19.0 Å². The second kappa shape index (κ2) is 5.82. The zero-order chi connectivity index (χ0) is 13.8. The number of nitrogens with one attached hydrogen (secondary N) is 1. The molecule has 0 heterocycles. The van der Waals surface area contributed by atoms with Gasteiger partial charge in [-0.3, -0.25) is 4.79 Å². The van der Waals surface area contributed by atoms with Gasteiger partial charge in [-0.05, 0) is 18.2 Å². The summed E-state index contributed by atoms with van der Waals surface area (Å²) >= 11 is 0. The Morgan fingerprint density at radius 2 is 2.17 bits per heavy atom. The van der Waals surface area contributed by atoms with Crippen LogP contribution in [-0.4, -0.2) is 31.3 Å². The summed E-state index contributed by atoms with van der Waals surface area (Å²) < 4.78 is 18.5. The van der Waals surface area contributed by atoms with E-state index in [-0.39, 0.29) is 12.4 Å². The maximum atomic E-state index is 13.3. The first kappa shape index (κ1) is 14.4. The highest BCUT2D eigenvalue weighted by Crippen LogP contribution is 2.31. The van der Waals surface area contributed by atoms with Crippen molar-refractivity contribution in [2.75, 3.05) is 20.2 Å². The summed E-state index contributed by atoms with van der Waals surface area (Å²) in [7, 11) is 1.53. The highest BCUT2D eigenvalue weighted by atomic mass is 19.1. The van der Waals surface area contributed by atoms with Gasteiger partial charge in [0.25, 0.3) is 0 Å². The Balaban J connectivity index is 2.88. The molecular weight excluding hydrogens is 237 g/mol. The minimum absolute atomic E-state index is 0.124. The van der Waals surface area contributed by atoms with Crippen molar-refractivity contribution in [2.24, 2.45) is 0 Å². The van der Waals surface area contributed by atoms with Crippen LogP contribution in [0.4, 0.5) is 4.39 Å². The topological polar surface area (TPSA) is 58.6 Å². The molecule has 0 bridgehead atoms. The first-order chi connectivity index (χ1) is 8.36. The summed E-state index contributed by atoms with van der Waals surface area (Å²) in [6, 6.07) is 4.33. The van der Waals surface area contributed by atoms with Crippen LogP contribution in [-0.2, 0) is 10.2 Å². The van der Waals surface area contributed by atoms with Crippen molar-refractivity contribution in [2.45, 2.75) is 19.3 Å². The Hall–Kier alpha value is -1.62. The first-order valence-electron chi connectivity index (χ1n) is 5.63. The van der Waals surface area contributed by atoms with E-state index >= 15 is 0 Å². The predicted molar refractivity (Wildman–Crippen MR) is 66.5 cm³/mol. The smallest absolute Gasteiger partial charge is 0.317 e. The van der Waals surface area contributed by atoms with E-state index < -0.39 is 11.4 Å². The number of methoxy groups -OCH3 is 1. The lowest BCUT2D eigenvalue weighted by Gasteiger charge is -2.27. The zero-order valence-electron chi connectivity index (χ0n) is 10.8. The number of hydrogen-bond donors (Lipinski definition) is 2. The normalized spacial score (nSPS) is 11.3. The van der Waals surface area contributed by atoms with E-state index in [2.05, 4.69) is 5.32 Å². The maximum absolute atomic E-state index is 13.3. The van der Waals surface area contributed by atoms with Gasteiger partial charge in [0.1, 0.15) is 11.6 Å². The van der Waals surface area contributed by atoms with Crippen LogP contribution in [0.1, 0.15) is 19.4 Å². The Morgan fingerprint density at radius 1 is 1.50 bits per heavy atom. The van der Waals surface area contributed by atoms with Gasteiger partial charge in [0.15, 0.2) is 0 Å². The number of ether oxygens (including phenoxy) is 1. The monoisotopic (exact) mass is 255 g/mol. The quantitative estimate of drug-likeness (QED) is 0.813. The number of benzene rings is 1. The van der Waals surface area contributed by atoms with Gasteiger partial charge in [-0.25, -0.2) is 4.39 Å². The molecule has 0 saturated heterocycles. The van der Waals surface area contributed by atoms with Crippen molar-refractivity contribution in [1.82, 2.24) is 5.32 Å². The Labute approximate surface area is 106 Å². The summed E-state index contributed by atoms with van der Waals surface area (Å²) in [5.74, 6) is -0.660. The standard InChI is InChI=1S/C13H18FNO3/c1-13(2,8-15-7-12(16)17)10-6-9(14)4-5-11(10)18-3/h4-6,15H,7-8H2,1-3H3,(H,16,17). The largest absolute Gasteiger partial charge is 0.496 e. The van der Waals surface area contributed by atoms with E-state index in [1.54, 1.807) is 6.07 Å². The number of halogens is 1. The molecule has 4 nitrogen and oxygen atoms in total. The minimum Gasteiger partial charge on any atom is -0.496 e. The van der Waals surface area contributed by atoms with E-state index in [4.69, 9.17) is 9.84 Å². The number of carboxylic acids is 1. The fourth-order valence-electron chi connectivity index (χ4n) is 1.79. The number of hydrogen-bond acceptors (Lipinski definition) is 3. The molecule has 0 radical (unpaired) electrons. The molecule has 0 saturated carbocycles. The van der Waals surface area contributed by atoms with Crippen LogP contribution in [0.2, 0.25) is 0 Å². The van der Waals surface area contributed by atoms with Crippen molar-refractivity contribution in [1.29, 1.82) is 0 Å². The highest BCUT2D eigenvalue weighted by molar-refractivity contribution is 5.69. The molecule has 0 amide bonds. The van der Waals surface area contributed by atoms with Crippen molar-refractivity contribution in [3.05, 3.63) is 29.6 Å². The van der Waals surface area contributed by atoms with Gasteiger partial charge in [-0.2, -0.15) is 0 Å². The average molecular weight is 255 g/mol. The molecule has 1 rings (SSSR count). The van der Waals surface area contributed by atoms with E-state index in [1.807, 2.05) is 13.8 Å². The van der Waals surface area contributed by atoms with Gasteiger partial charge >= 0.3 is 5.97 Å². The van der Waals surface area contributed by atoms with E-state index in [9.17, 15) is 9.18 Å². The van der Waals surface area contributed by atoms with Crippen molar-refractivity contribution in [3.63, 3.8) is 0 Å². The molecule has 0 fully saturated rings. The second-order valence-electron chi connectivity index (χ2n) is 4.73. The molecular formula is C13H18FNO3. The molecule has 0 spiro atoms. The van der Waals surface area contributed by atoms with Gasteiger partial charge in [0, 0.05) is 17.5 Å². The summed E-state index contributed by atoms with van der Waals surface area (Å²) in [4.78, 5) is 10.5. The minimum atomic E-state index is -0.919. The molecule has 0 aliphatic heterocycles. The number of carbonyl (C=O) groups is 1. The van der Waals surface area contributed by atoms with Crippen LogP contribution >= 0.6 is 0 Å². The van der Waals surface area contributed by atoms with Crippen LogP contribution in [0.25, 0.3) is 0 Å². The summed E-state index contributed by atoms with van der Waals surface area (Å²) in [6.45, 7) is 4.10. The highest BCUT2D eigenvalue weighted by Gasteiger charge is 2.25. The molecule has 0 aromatic heterocycles. The van der Waals surface area contributed by atoms with Gasteiger partial charge in [0.2, 0.25) is 0 Å². The van der Waals surface area contributed by atoms with Crippen LogP contribution < -0.4 is 10.1 Å². The average Bonchev–Trinajstić information content (AvgIpc) is 2.28. The molecule has 1 aromatic rings. The van der Waals surface area contributed by atoms with Gasteiger partial charge in [0.05, 0.1) is 13.7 Å². The first-order valence-corrected chi connectivity index (χ1v) is 5.63. The molecule has 1 aromatic carbocycles. The Morgan fingerprint density at radius 3 is 2.72 bits per heavy atom. The lowest BCUT2D eigenvalue weighted by molar-refractivity contribution is -0.136. The van der Waals surface area contributed by atoms with Gasteiger partial charge < -0.3 is 15.2 Å². The molecule has 5 heteroatoms. The van der Waals surface area contributed by atoms with E-state index in [0.29, 0.717) is 17.9 Å². The third-order valence-corrected chi connectivity index (χ3v) is 2.73. The zero-order valence-corrected chi connectivity index (χ0v) is 10.8. The van der Waals surface area contributed by atoms with Crippen LogP contribution in [0.5, 0.6) is 5.75 Å². The summed E-state index contributed by atoms with van der Waals surface area (Å²) in [6.07, 6.45) is 0. The van der Waals surface area contributed by atoms with Crippen LogP contribution in [0, 0.1) is 5.82 Å². The van der Waals surface area contributed by atoms with Crippen LogP contribution in [0.3, 0.4) is 0 Å². The van der Waals surface area contributed by atoms with Crippen molar-refractivity contribution >= 4 is 5.97 Å². The maximum Gasteiger partial charge on any atom is 0.317 e. The fraction of sp³-hybridized carbons (Fsp3) is 0.462. The lowest BCUT2D eigenvalue weighted by atomic mass is 9.84. The van der Waals surface area contributed by atoms with Gasteiger partial charge in [-0.15, -0.1) is 0 Å². The third kappa shape index (κ3) is 3.70. The summed E-state index contributed by atoms with van der Waals surface area (Å²) in [5, 5.41) is 11.4. The van der Waals surface area contributed by atoms with Crippen LogP contribution in [0.15, 0.2) is 18.2 Å². The molecule has 18 heavy (non-hydrogen) atoms. The number of carboxylic acid groups (broad SMARTS) is 1. The molecule has 0 aliphatic carbocycles. The number of aliphatic carboxylic acids is 1. The summed E-state index contributed by atoms with van der Waals surface area (Å²) in [5.41, 5.74) is 0.283. The van der Waals surface area contributed by atoms with Gasteiger partial charge in [-0.1, -0.05) is 13.8 Å². The van der Waals surface area contributed by atoms with Crippen molar-refractivity contribution in [3.8, 4) is 5.75 Å². The molecule has 2 N–H and O–H groups in total. The third-order valence-electron chi connectivity index (χ3n) is 2.73. The van der Waals surface area contributed by atoms with E-state index in [0.717, 1.165) is 0 Å². The molecule has 0 aliphatic rings. The SMILES string of the molecule is COc1ccc(F)cc1C(C)(C)CNCC(=O)O. The molecule has 0 unspecified atom stereocenters. The lowest BCUT2D eigenvalue weighted by Crippen LogP contribution is -2.36. The second-order valence-corrected chi connectivity index (χ2v) is 4.73. The van der Waals surface area contributed by atoms with E-state index in [1.165, 1.54) is 19.2 Å². The molecule has 100 valence electrons. The predicted octanol–water partition coefficient (Wildman–Crippen LogP) is 1.79. The molecule has 0 atom stereocenters. The fourth-order valence-corrected chi connectivity index (χ4v) is 1.79. The Kier molecular flexibility index (Phi) is 4.67.